The molecule has 0 saturated carbocycles. The minimum absolute atomic E-state index is 0.532. The van der Waals surface area contributed by atoms with Gasteiger partial charge in [-0.05, 0) is 30.5 Å². The largest absolute Gasteiger partial charge is 0.493 e. The van der Waals surface area contributed by atoms with Gasteiger partial charge in [-0.15, -0.1) is 0 Å². The monoisotopic (exact) mass is 287 g/mol. The van der Waals surface area contributed by atoms with Crippen LogP contribution in [0.1, 0.15) is 32.9 Å². The van der Waals surface area contributed by atoms with E-state index in [1.807, 2.05) is 29.1 Å². The Hall–Kier alpha value is -1.97. The first-order valence-corrected chi connectivity index (χ1v) is 7.66. The van der Waals surface area contributed by atoms with Gasteiger partial charge in [-0.3, -0.25) is 4.68 Å². The second-order valence-electron chi connectivity index (χ2n) is 5.63. The predicted molar refractivity (Wildman–Crippen MR) is 86.6 cm³/mol. The zero-order valence-electron chi connectivity index (χ0n) is 13.2. The van der Waals surface area contributed by atoms with Gasteiger partial charge in [0.15, 0.2) is 0 Å². The molecule has 0 unspecified atom stereocenters. The summed E-state index contributed by atoms with van der Waals surface area (Å²) in [6.45, 7) is 8.93. The van der Waals surface area contributed by atoms with Gasteiger partial charge in [-0.25, -0.2) is 0 Å². The van der Waals surface area contributed by atoms with E-state index >= 15 is 0 Å². The number of nitrogens with zero attached hydrogens (tertiary/aromatic N) is 2. The molecule has 21 heavy (non-hydrogen) atoms. The van der Waals surface area contributed by atoms with Gasteiger partial charge in [0.25, 0.3) is 0 Å². The molecule has 1 N–H and O–H groups in total. The fraction of sp³-hybridized carbons (Fsp3) is 0.471. The van der Waals surface area contributed by atoms with Gasteiger partial charge in [0.2, 0.25) is 0 Å². The second-order valence-corrected chi connectivity index (χ2v) is 5.63. The average Bonchev–Trinajstić information content (AvgIpc) is 2.91. The number of rotatable bonds is 8. The van der Waals surface area contributed by atoms with E-state index in [0.29, 0.717) is 5.92 Å². The summed E-state index contributed by atoms with van der Waals surface area (Å²) in [4.78, 5) is 0. The van der Waals surface area contributed by atoms with E-state index in [0.717, 1.165) is 37.6 Å². The topological polar surface area (TPSA) is 39.1 Å². The van der Waals surface area contributed by atoms with Crippen LogP contribution in [0.2, 0.25) is 0 Å². The Kier molecular flexibility index (Phi) is 5.67. The summed E-state index contributed by atoms with van der Waals surface area (Å²) in [5, 5.41) is 7.77. The molecule has 2 rings (SSSR count). The molecule has 114 valence electrons. The highest BCUT2D eigenvalue weighted by Gasteiger charge is 2.03. The summed E-state index contributed by atoms with van der Waals surface area (Å²) in [6.07, 6.45) is 2.95. The number of anilines is 1. The van der Waals surface area contributed by atoms with Gasteiger partial charge in [0.1, 0.15) is 5.75 Å². The van der Waals surface area contributed by atoms with E-state index in [-0.39, 0.29) is 0 Å². The first-order chi connectivity index (χ1) is 10.2. The van der Waals surface area contributed by atoms with Gasteiger partial charge in [0, 0.05) is 24.5 Å². The lowest BCUT2D eigenvalue weighted by atomic mass is 10.2. The highest BCUT2D eigenvalue weighted by molar-refractivity contribution is 5.48. The van der Waals surface area contributed by atoms with E-state index in [4.69, 9.17) is 4.74 Å². The van der Waals surface area contributed by atoms with Gasteiger partial charge >= 0.3 is 0 Å². The SMILES string of the molecule is CCCn1nccc1CNc1cccc(OCC(C)C)c1. The molecule has 1 aromatic carbocycles. The summed E-state index contributed by atoms with van der Waals surface area (Å²) in [7, 11) is 0. The van der Waals surface area contributed by atoms with Crippen molar-refractivity contribution in [3.8, 4) is 5.75 Å². The van der Waals surface area contributed by atoms with E-state index < -0.39 is 0 Å². The lowest BCUT2D eigenvalue weighted by Crippen LogP contribution is -2.09. The van der Waals surface area contributed by atoms with Crippen molar-refractivity contribution in [3.63, 3.8) is 0 Å². The Balaban J connectivity index is 1.93. The van der Waals surface area contributed by atoms with E-state index in [2.05, 4.69) is 43.3 Å². The third-order valence-corrected chi connectivity index (χ3v) is 3.13. The van der Waals surface area contributed by atoms with Crippen molar-refractivity contribution in [2.45, 2.75) is 40.3 Å². The number of aryl methyl sites for hydroxylation is 1. The number of hydrogen-bond acceptors (Lipinski definition) is 3. The third-order valence-electron chi connectivity index (χ3n) is 3.13. The number of hydrogen-bond donors (Lipinski definition) is 1. The molecular formula is C17H25N3O. The maximum atomic E-state index is 5.75. The Bertz CT molecular complexity index is 548. The summed E-state index contributed by atoms with van der Waals surface area (Å²) >= 11 is 0. The molecule has 1 heterocycles. The molecule has 0 spiro atoms. The Morgan fingerprint density at radius 1 is 1.29 bits per heavy atom. The average molecular weight is 287 g/mol. The fourth-order valence-corrected chi connectivity index (χ4v) is 2.07. The smallest absolute Gasteiger partial charge is 0.121 e. The molecule has 4 nitrogen and oxygen atoms in total. The van der Waals surface area contributed by atoms with E-state index in [9.17, 15) is 0 Å². The molecule has 0 fully saturated rings. The number of aromatic nitrogens is 2. The second kappa shape index (κ2) is 7.72. The van der Waals surface area contributed by atoms with Crippen LogP contribution in [0.4, 0.5) is 5.69 Å². The summed E-state index contributed by atoms with van der Waals surface area (Å²) in [5.41, 5.74) is 2.27. The standard InChI is InChI=1S/C17H25N3O/c1-4-10-20-16(8-9-19-20)12-18-15-6-5-7-17(11-15)21-13-14(2)3/h5-9,11,14,18H,4,10,12-13H2,1-3H3. The van der Waals surface area contributed by atoms with Crippen LogP contribution in [-0.2, 0) is 13.1 Å². The van der Waals surface area contributed by atoms with Crippen LogP contribution in [0.5, 0.6) is 5.75 Å². The molecule has 0 atom stereocenters. The van der Waals surface area contributed by atoms with Crippen LogP contribution >= 0.6 is 0 Å². The fourth-order valence-electron chi connectivity index (χ4n) is 2.07. The van der Waals surface area contributed by atoms with E-state index in [1.54, 1.807) is 0 Å². The number of benzene rings is 1. The molecule has 0 radical (unpaired) electrons. The predicted octanol–water partition coefficient (Wildman–Crippen LogP) is 3.94. The van der Waals surface area contributed by atoms with Crippen molar-refractivity contribution in [2.24, 2.45) is 5.92 Å². The molecule has 0 aliphatic rings. The highest BCUT2D eigenvalue weighted by atomic mass is 16.5. The summed E-state index contributed by atoms with van der Waals surface area (Å²) < 4.78 is 7.80. The lowest BCUT2D eigenvalue weighted by molar-refractivity contribution is 0.271. The van der Waals surface area contributed by atoms with Crippen molar-refractivity contribution >= 4 is 5.69 Å². The van der Waals surface area contributed by atoms with Crippen LogP contribution in [0.15, 0.2) is 36.5 Å². The summed E-state index contributed by atoms with van der Waals surface area (Å²) in [6, 6.07) is 10.2. The van der Waals surface area contributed by atoms with Gasteiger partial charge < -0.3 is 10.1 Å². The first-order valence-electron chi connectivity index (χ1n) is 7.66. The molecular weight excluding hydrogens is 262 g/mol. The minimum Gasteiger partial charge on any atom is -0.493 e. The van der Waals surface area contributed by atoms with Crippen LogP contribution < -0.4 is 10.1 Å². The first kappa shape index (κ1) is 15.4. The van der Waals surface area contributed by atoms with Gasteiger partial charge in [-0.1, -0.05) is 26.8 Å². The molecule has 4 heteroatoms. The van der Waals surface area contributed by atoms with Crippen molar-refractivity contribution < 1.29 is 4.74 Å². The van der Waals surface area contributed by atoms with Crippen molar-refractivity contribution in [2.75, 3.05) is 11.9 Å². The highest BCUT2D eigenvalue weighted by Crippen LogP contribution is 2.18. The van der Waals surface area contributed by atoms with Crippen LogP contribution in [-0.4, -0.2) is 16.4 Å². The molecule has 2 aromatic rings. The molecule has 0 saturated heterocycles. The van der Waals surface area contributed by atoms with Crippen molar-refractivity contribution in [3.05, 3.63) is 42.2 Å². The van der Waals surface area contributed by atoms with Crippen molar-refractivity contribution in [1.29, 1.82) is 0 Å². The molecule has 0 aliphatic heterocycles. The van der Waals surface area contributed by atoms with Gasteiger partial charge in [0.05, 0.1) is 18.8 Å². The van der Waals surface area contributed by atoms with Gasteiger partial charge in [-0.2, -0.15) is 5.10 Å². The maximum absolute atomic E-state index is 5.75. The molecule has 0 bridgehead atoms. The number of ether oxygens (including phenoxy) is 1. The molecule has 0 amide bonds. The Morgan fingerprint density at radius 3 is 2.90 bits per heavy atom. The van der Waals surface area contributed by atoms with Crippen LogP contribution in [0.25, 0.3) is 0 Å². The van der Waals surface area contributed by atoms with Crippen molar-refractivity contribution in [1.82, 2.24) is 9.78 Å². The zero-order chi connectivity index (χ0) is 15.1. The third kappa shape index (κ3) is 4.81. The quantitative estimate of drug-likeness (QED) is 0.799. The zero-order valence-corrected chi connectivity index (χ0v) is 13.2. The van der Waals surface area contributed by atoms with Crippen LogP contribution in [0.3, 0.4) is 0 Å². The lowest BCUT2D eigenvalue weighted by Gasteiger charge is -2.12. The Labute approximate surface area is 127 Å². The normalized spacial score (nSPS) is 10.9. The maximum Gasteiger partial charge on any atom is 0.121 e. The minimum atomic E-state index is 0.532. The number of nitrogens with one attached hydrogen (secondary N) is 1. The van der Waals surface area contributed by atoms with E-state index in [1.165, 1.54) is 5.69 Å². The molecule has 0 aliphatic carbocycles. The summed E-state index contributed by atoms with van der Waals surface area (Å²) in [5.74, 6) is 1.45. The molecule has 1 aromatic heterocycles. The Morgan fingerprint density at radius 2 is 2.14 bits per heavy atom. The van der Waals surface area contributed by atoms with Crippen LogP contribution in [0, 0.1) is 5.92 Å².